The van der Waals surface area contributed by atoms with Crippen molar-refractivity contribution in [2.75, 3.05) is 4.90 Å². The molecule has 15 rings (SSSR count). The van der Waals surface area contributed by atoms with Gasteiger partial charge in [-0.2, -0.15) is 0 Å². The third-order valence-corrected chi connectivity index (χ3v) is 15.8. The van der Waals surface area contributed by atoms with Crippen LogP contribution in [0.25, 0.3) is 82.1 Å². The number of fused-ring (bicyclic) bond motifs is 15. The summed E-state index contributed by atoms with van der Waals surface area (Å²) >= 11 is 1.89. The summed E-state index contributed by atoms with van der Waals surface area (Å²) in [4.78, 5) is 5.06. The van der Waals surface area contributed by atoms with E-state index in [1.54, 1.807) is 0 Å². The van der Waals surface area contributed by atoms with E-state index >= 15 is 0 Å². The van der Waals surface area contributed by atoms with Gasteiger partial charge in [-0.1, -0.05) is 163 Å². The first-order valence-corrected chi connectivity index (χ1v) is 23.8. The van der Waals surface area contributed by atoms with Crippen molar-refractivity contribution < 1.29 is 4.42 Å². The molecule has 13 aromatic rings. The number of hydrogen-bond acceptors (Lipinski definition) is 3. The number of hydrogen-bond donors (Lipinski definition) is 0. The molecule has 0 radical (unpaired) electrons. The van der Waals surface area contributed by atoms with Crippen LogP contribution in [-0.4, -0.2) is 4.57 Å². The minimum absolute atomic E-state index is 0.569. The van der Waals surface area contributed by atoms with Crippen LogP contribution in [0.4, 0.5) is 17.1 Å². The highest BCUT2D eigenvalue weighted by molar-refractivity contribution is 7.99. The molecule has 1 atom stereocenters. The van der Waals surface area contributed by atoms with Crippen molar-refractivity contribution in [1.29, 1.82) is 0 Å². The zero-order valence-electron chi connectivity index (χ0n) is 36.2. The van der Waals surface area contributed by atoms with Gasteiger partial charge in [0, 0.05) is 59.9 Å². The van der Waals surface area contributed by atoms with Gasteiger partial charge in [-0.25, -0.2) is 0 Å². The van der Waals surface area contributed by atoms with Crippen LogP contribution in [0.1, 0.15) is 22.3 Å². The molecule has 11 aromatic carbocycles. The number of para-hydroxylation sites is 2. The van der Waals surface area contributed by atoms with E-state index in [-0.39, 0.29) is 0 Å². The van der Waals surface area contributed by atoms with Gasteiger partial charge in [-0.3, -0.25) is 0 Å². The number of rotatable bonds is 4. The summed E-state index contributed by atoms with van der Waals surface area (Å²) in [5.74, 6) is 0. The highest BCUT2D eigenvalue weighted by Crippen LogP contribution is 2.62. The van der Waals surface area contributed by atoms with E-state index in [0.717, 1.165) is 55.7 Å². The molecule has 0 saturated heterocycles. The Morgan fingerprint density at radius 1 is 0.388 bits per heavy atom. The van der Waals surface area contributed by atoms with Gasteiger partial charge in [0.2, 0.25) is 0 Å². The van der Waals surface area contributed by atoms with E-state index in [0.29, 0.717) is 0 Å². The van der Waals surface area contributed by atoms with Gasteiger partial charge in [-0.15, -0.1) is 0 Å². The molecule has 4 heteroatoms. The van der Waals surface area contributed by atoms with Gasteiger partial charge >= 0.3 is 0 Å². The summed E-state index contributed by atoms with van der Waals surface area (Å²) in [6.07, 6.45) is 0. The van der Waals surface area contributed by atoms with Crippen LogP contribution in [0, 0.1) is 0 Å². The minimum Gasteiger partial charge on any atom is -0.456 e. The molecule has 0 bridgehead atoms. The maximum absolute atomic E-state index is 6.43. The second-order valence-electron chi connectivity index (χ2n) is 17.9. The number of anilines is 3. The van der Waals surface area contributed by atoms with E-state index in [1.807, 2.05) is 23.9 Å². The average molecular weight is 871 g/mol. The molecule has 0 N–H and O–H groups in total. The summed E-state index contributed by atoms with van der Waals surface area (Å²) in [6, 6.07) is 85.4. The fraction of sp³-hybridized carbons (Fsp3) is 0.0159. The molecule has 1 unspecified atom stereocenters. The molecule has 2 aromatic heterocycles. The molecular formula is C63H38N2OS. The molecule has 0 amide bonds. The van der Waals surface area contributed by atoms with E-state index in [4.69, 9.17) is 4.42 Å². The molecule has 67 heavy (non-hydrogen) atoms. The Morgan fingerprint density at radius 2 is 1.03 bits per heavy atom. The average Bonchev–Trinajstić information content (AvgIpc) is 3.93. The van der Waals surface area contributed by atoms with Crippen LogP contribution >= 0.6 is 11.8 Å². The second-order valence-corrected chi connectivity index (χ2v) is 19.0. The van der Waals surface area contributed by atoms with Crippen molar-refractivity contribution in [3.63, 3.8) is 0 Å². The number of furan rings is 1. The maximum atomic E-state index is 6.43. The maximum Gasteiger partial charge on any atom is 0.137 e. The fourth-order valence-corrected chi connectivity index (χ4v) is 13.1. The summed E-state index contributed by atoms with van der Waals surface area (Å²) in [5.41, 5.74) is 15.8. The van der Waals surface area contributed by atoms with Crippen molar-refractivity contribution in [2.24, 2.45) is 0 Å². The standard InChI is InChI=1S/C63H38N2OS/c1-2-18-44-39(14-1)15-13-27-55(44)64(41-31-34-57-50(36-41)46-20-4-8-26-56(46)65(57)43-30-33-48-47-21-5-9-28-58(47)66-59(48)38-43)42-32-35-61-54(37-42)63(52-24-7-10-29-60(52)67-61)51-23-6-3-19-45(51)49-22-11-16-40-17-12-25-53(63)62(40)49/h1-38H. The normalized spacial score (nSPS) is 14.9. The predicted octanol–water partition coefficient (Wildman–Crippen LogP) is 17.3. The fourth-order valence-electron chi connectivity index (χ4n) is 11.9. The first kappa shape index (κ1) is 37.0. The SMILES string of the molecule is c1ccc2c(c1)Sc1ccc(N(c3ccc4c(c3)c3ccccc3n4-c3ccc4c(c3)oc3ccccc34)c3cccc4ccccc34)cc1C21c2ccccc2-c2cccc3cccc1c23. The monoisotopic (exact) mass is 870 g/mol. The third-order valence-electron chi connectivity index (χ3n) is 14.6. The molecule has 312 valence electrons. The minimum atomic E-state index is -0.569. The Labute approximate surface area is 390 Å². The van der Waals surface area contributed by atoms with E-state index in [9.17, 15) is 0 Å². The number of nitrogens with zero attached hydrogens (tertiary/aromatic N) is 2. The predicted molar refractivity (Wildman–Crippen MR) is 279 cm³/mol. The van der Waals surface area contributed by atoms with Crippen LogP contribution in [-0.2, 0) is 5.41 Å². The summed E-state index contributed by atoms with van der Waals surface area (Å²) in [7, 11) is 0. The Bertz CT molecular complexity index is 4220. The van der Waals surface area contributed by atoms with Crippen LogP contribution in [0.5, 0.6) is 0 Å². The second kappa shape index (κ2) is 13.9. The lowest BCUT2D eigenvalue weighted by Gasteiger charge is -2.46. The van der Waals surface area contributed by atoms with E-state index in [1.165, 1.54) is 75.5 Å². The lowest BCUT2D eigenvalue weighted by Crippen LogP contribution is -2.36. The molecule has 3 nitrogen and oxygen atoms in total. The Hall–Kier alpha value is -8.31. The quantitative estimate of drug-likeness (QED) is 0.176. The molecule has 1 spiro atoms. The van der Waals surface area contributed by atoms with Crippen LogP contribution in [0.15, 0.2) is 245 Å². The van der Waals surface area contributed by atoms with Gasteiger partial charge in [0.15, 0.2) is 0 Å². The van der Waals surface area contributed by atoms with Gasteiger partial charge in [0.25, 0.3) is 0 Å². The molecule has 1 aliphatic heterocycles. The van der Waals surface area contributed by atoms with Crippen molar-refractivity contribution in [3.05, 3.63) is 253 Å². The van der Waals surface area contributed by atoms with Crippen LogP contribution in [0.2, 0.25) is 0 Å². The Kier molecular flexibility index (Phi) is 7.64. The van der Waals surface area contributed by atoms with Crippen molar-refractivity contribution in [1.82, 2.24) is 4.57 Å². The Morgan fingerprint density at radius 3 is 1.97 bits per heavy atom. The van der Waals surface area contributed by atoms with Gasteiger partial charge in [0.05, 0.1) is 22.1 Å². The number of benzene rings is 11. The van der Waals surface area contributed by atoms with E-state index < -0.39 is 5.41 Å². The number of aromatic nitrogens is 1. The molecule has 2 aliphatic rings. The van der Waals surface area contributed by atoms with Crippen LogP contribution < -0.4 is 4.90 Å². The first-order valence-electron chi connectivity index (χ1n) is 23.0. The topological polar surface area (TPSA) is 21.3 Å². The highest BCUT2D eigenvalue weighted by atomic mass is 32.2. The van der Waals surface area contributed by atoms with Crippen molar-refractivity contribution >= 4 is 94.1 Å². The van der Waals surface area contributed by atoms with Crippen LogP contribution in [0.3, 0.4) is 0 Å². The molecule has 0 fully saturated rings. The molecule has 0 saturated carbocycles. The zero-order chi connectivity index (χ0) is 43.8. The Balaban J connectivity index is 0.998. The van der Waals surface area contributed by atoms with Gasteiger partial charge in [0.1, 0.15) is 11.2 Å². The smallest absolute Gasteiger partial charge is 0.137 e. The molecule has 1 aliphatic carbocycles. The molecule has 3 heterocycles. The zero-order valence-corrected chi connectivity index (χ0v) is 37.0. The first-order chi connectivity index (χ1) is 33.2. The highest BCUT2D eigenvalue weighted by Gasteiger charge is 2.48. The van der Waals surface area contributed by atoms with Gasteiger partial charge < -0.3 is 13.9 Å². The lowest BCUT2D eigenvalue weighted by molar-refractivity contribution is 0.668. The summed E-state index contributed by atoms with van der Waals surface area (Å²) < 4.78 is 8.82. The lowest BCUT2D eigenvalue weighted by atomic mass is 9.59. The van der Waals surface area contributed by atoms with Crippen molar-refractivity contribution in [3.8, 4) is 16.8 Å². The largest absolute Gasteiger partial charge is 0.456 e. The van der Waals surface area contributed by atoms with Crippen molar-refractivity contribution in [2.45, 2.75) is 15.2 Å². The van der Waals surface area contributed by atoms with Gasteiger partial charge in [-0.05, 0) is 122 Å². The summed E-state index contributed by atoms with van der Waals surface area (Å²) in [5, 5.41) is 9.63. The van der Waals surface area contributed by atoms with E-state index in [2.05, 4.69) is 228 Å². The summed E-state index contributed by atoms with van der Waals surface area (Å²) in [6.45, 7) is 0. The third kappa shape index (κ3) is 5.08. The molecular weight excluding hydrogens is 833 g/mol.